The van der Waals surface area contributed by atoms with E-state index < -0.39 is 0 Å². The van der Waals surface area contributed by atoms with Crippen molar-refractivity contribution >= 4 is 0 Å². The molecule has 3 aromatic rings. The Hall–Kier alpha value is -2.46. The van der Waals surface area contributed by atoms with Gasteiger partial charge < -0.3 is 0 Å². The molecule has 0 bridgehead atoms. The van der Waals surface area contributed by atoms with Crippen molar-refractivity contribution in [3.05, 3.63) is 81.9 Å². The highest BCUT2D eigenvalue weighted by molar-refractivity contribution is 5.32. The van der Waals surface area contributed by atoms with Gasteiger partial charge in [-0.05, 0) is 76.8 Å². The molecule has 0 spiro atoms. The van der Waals surface area contributed by atoms with Gasteiger partial charge in [-0.3, -0.25) is 14.6 Å². The van der Waals surface area contributed by atoms with E-state index in [9.17, 15) is 0 Å². The molecule has 0 N–H and O–H groups in total. The van der Waals surface area contributed by atoms with Crippen LogP contribution in [0, 0.1) is 20.8 Å². The lowest BCUT2D eigenvalue weighted by molar-refractivity contribution is 0.243. The Kier molecular flexibility index (Phi) is 5.81. The lowest BCUT2D eigenvalue weighted by Gasteiger charge is -2.24. The number of hydrogen-bond donors (Lipinski definition) is 0. The average molecular weight is 389 g/mol. The first-order valence-corrected chi connectivity index (χ1v) is 10.8. The standard InChI is InChI=1S/C25H32N4/c1-5-29-17-23(20(4)27-29)16-28-11-7-10-25(28)24-15-22(13-19(3)26-24)14-21-9-6-8-18(2)12-21/h6,8-9,12-13,15,17,25H,5,7,10-11,14,16H2,1-4H3. The van der Waals surface area contributed by atoms with Gasteiger partial charge in [-0.25, -0.2) is 0 Å². The summed E-state index contributed by atoms with van der Waals surface area (Å²) in [4.78, 5) is 7.53. The highest BCUT2D eigenvalue weighted by Crippen LogP contribution is 2.33. The van der Waals surface area contributed by atoms with Gasteiger partial charge in [0.2, 0.25) is 0 Å². The Labute approximate surface area is 174 Å². The molecule has 4 rings (SSSR count). The number of aromatic nitrogens is 3. The average Bonchev–Trinajstić information content (AvgIpc) is 3.28. The van der Waals surface area contributed by atoms with Gasteiger partial charge in [0.05, 0.1) is 17.4 Å². The zero-order chi connectivity index (χ0) is 20.4. The van der Waals surface area contributed by atoms with Crippen molar-refractivity contribution in [2.24, 2.45) is 0 Å². The Morgan fingerprint density at radius 3 is 2.69 bits per heavy atom. The minimum Gasteiger partial charge on any atom is -0.290 e. The molecule has 0 radical (unpaired) electrons. The third kappa shape index (κ3) is 4.59. The van der Waals surface area contributed by atoms with Crippen molar-refractivity contribution < 1.29 is 0 Å². The Morgan fingerprint density at radius 1 is 1.07 bits per heavy atom. The minimum atomic E-state index is 0.399. The zero-order valence-corrected chi connectivity index (χ0v) is 18.2. The second-order valence-corrected chi connectivity index (χ2v) is 8.43. The van der Waals surface area contributed by atoms with Crippen LogP contribution in [0.25, 0.3) is 0 Å². The first-order chi connectivity index (χ1) is 14.0. The van der Waals surface area contributed by atoms with Crippen LogP contribution in [0.15, 0.2) is 42.6 Å². The molecule has 152 valence electrons. The van der Waals surface area contributed by atoms with Crippen molar-refractivity contribution in [2.45, 2.75) is 66.1 Å². The molecule has 4 nitrogen and oxygen atoms in total. The predicted molar refractivity (Wildman–Crippen MR) is 118 cm³/mol. The summed E-state index contributed by atoms with van der Waals surface area (Å²) in [5.74, 6) is 0. The third-order valence-electron chi connectivity index (χ3n) is 5.97. The second kappa shape index (κ2) is 8.50. The molecular weight excluding hydrogens is 356 g/mol. The number of likely N-dealkylation sites (tertiary alicyclic amines) is 1. The monoisotopic (exact) mass is 388 g/mol. The molecule has 2 aromatic heterocycles. The van der Waals surface area contributed by atoms with Crippen molar-refractivity contribution in [1.82, 2.24) is 19.7 Å². The molecule has 1 atom stereocenters. The molecule has 0 saturated carbocycles. The van der Waals surface area contributed by atoms with Crippen LogP contribution < -0.4 is 0 Å². The number of rotatable bonds is 6. The predicted octanol–water partition coefficient (Wildman–Crippen LogP) is 5.15. The fourth-order valence-corrected chi connectivity index (χ4v) is 4.54. The smallest absolute Gasteiger partial charge is 0.0638 e. The van der Waals surface area contributed by atoms with Gasteiger partial charge in [0.25, 0.3) is 0 Å². The van der Waals surface area contributed by atoms with Crippen LogP contribution in [-0.2, 0) is 19.5 Å². The maximum Gasteiger partial charge on any atom is 0.0638 e. The maximum atomic E-state index is 4.95. The summed E-state index contributed by atoms with van der Waals surface area (Å²) >= 11 is 0. The highest BCUT2D eigenvalue weighted by atomic mass is 15.3. The Balaban J connectivity index is 1.56. The highest BCUT2D eigenvalue weighted by Gasteiger charge is 2.28. The van der Waals surface area contributed by atoms with Crippen molar-refractivity contribution in [3.63, 3.8) is 0 Å². The summed E-state index contributed by atoms with van der Waals surface area (Å²) in [7, 11) is 0. The largest absolute Gasteiger partial charge is 0.290 e. The van der Waals surface area contributed by atoms with Gasteiger partial charge in [0.1, 0.15) is 0 Å². The van der Waals surface area contributed by atoms with Crippen LogP contribution in [0.1, 0.15) is 65.1 Å². The third-order valence-corrected chi connectivity index (χ3v) is 5.97. The quantitative estimate of drug-likeness (QED) is 0.585. The van der Waals surface area contributed by atoms with Crippen LogP contribution in [0.4, 0.5) is 0 Å². The van der Waals surface area contributed by atoms with Crippen LogP contribution in [-0.4, -0.2) is 26.2 Å². The molecule has 0 aliphatic carbocycles. The summed E-state index contributed by atoms with van der Waals surface area (Å²) in [5, 5.41) is 4.63. The molecule has 1 aromatic carbocycles. The van der Waals surface area contributed by atoms with E-state index in [1.54, 1.807) is 0 Å². The SMILES string of the molecule is CCn1cc(CN2CCCC2c2cc(Cc3cccc(C)c3)cc(C)n2)c(C)n1. The van der Waals surface area contributed by atoms with E-state index in [4.69, 9.17) is 4.98 Å². The van der Waals surface area contributed by atoms with Crippen LogP contribution >= 0.6 is 0 Å². The minimum absolute atomic E-state index is 0.399. The molecule has 3 heterocycles. The Morgan fingerprint density at radius 2 is 1.93 bits per heavy atom. The number of hydrogen-bond acceptors (Lipinski definition) is 3. The van der Waals surface area contributed by atoms with Gasteiger partial charge in [0.15, 0.2) is 0 Å². The molecule has 1 unspecified atom stereocenters. The van der Waals surface area contributed by atoms with Crippen molar-refractivity contribution in [2.75, 3.05) is 6.54 Å². The van der Waals surface area contributed by atoms with Crippen LogP contribution in [0.2, 0.25) is 0 Å². The van der Waals surface area contributed by atoms with Gasteiger partial charge in [-0.2, -0.15) is 5.10 Å². The molecule has 1 fully saturated rings. The molecule has 29 heavy (non-hydrogen) atoms. The second-order valence-electron chi connectivity index (χ2n) is 8.43. The lowest BCUT2D eigenvalue weighted by Crippen LogP contribution is -2.24. The number of nitrogens with zero attached hydrogens (tertiary/aromatic N) is 4. The fraction of sp³-hybridized carbons (Fsp3) is 0.440. The molecular formula is C25H32N4. The van der Waals surface area contributed by atoms with Crippen LogP contribution in [0.5, 0.6) is 0 Å². The van der Waals surface area contributed by atoms with Gasteiger partial charge in [-0.15, -0.1) is 0 Å². The normalized spacial score (nSPS) is 17.2. The van der Waals surface area contributed by atoms with Gasteiger partial charge >= 0.3 is 0 Å². The summed E-state index contributed by atoms with van der Waals surface area (Å²) in [5.41, 5.74) is 8.88. The Bertz CT molecular complexity index is 988. The number of benzene rings is 1. The summed E-state index contributed by atoms with van der Waals surface area (Å²) < 4.78 is 2.04. The number of aryl methyl sites for hydroxylation is 4. The van der Waals surface area contributed by atoms with Crippen molar-refractivity contribution in [1.29, 1.82) is 0 Å². The first kappa shape index (κ1) is 19.8. The van der Waals surface area contributed by atoms with Gasteiger partial charge in [-0.1, -0.05) is 29.8 Å². The van der Waals surface area contributed by atoms with Crippen molar-refractivity contribution in [3.8, 4) is 0 Å². The fourth-order valence-electron chi connectivity index (χ4n) is 4.54. The van der Waals surface area contributed by atoms with E-state index in [0.29, 0.717) is 6.04 Å². The first-order valence-electron chi connectivity index (χ1n) is 10.8. The lowest BCUT2D eigenvalue weighted by atomic mass is 10.0. The van der Waals surface area contributed by atoms with E-state index in [-0.39, 0.29) is 0 Å². The van der Waals surface area contributed by atoms with Gasteiger partial charge in [0, 0.05) is 30.5 Å². The summed E-state index contributed by atoms with van der Waals surface area (Å²) in [6.07, 6.45) is 5.58. The summed E-state index contributed by atoms with van der Waals surface area (Å²) in [6.45, 7) is 11.6. The van der Waals surface area contributed by atoms with E-state index in [1.807, 2.05) is 4.68 Å². The molecule has 0 amide bonds. The van der Waals surface area contributed by atoms with E-state index >= 15 is 0 Å². The maximum absolute atomic E-state index is 4.95. The van der Waals surface area contributed by atoms with E-state index in [2.05, 4.69) is 80.3 Å². The van der Waals surface area contributed by atoms with Crippen LogP contribution in [0.3, 0.4) is 0 Å². The zero-order valence-electron chi connectivity index (χ0n) is 18.2. The number of pyridine rings is 1. The molecule has 1 saturated heterocycles. The molecule has 1 aliphatic heterocycles. The summed E-state index contributed by atoms with van der Waals surface area (Å²) in [6, 6.07) is 13.8. The topological polar surface area (TPSA) is 34.0 Å². The molecule has 1 aliphatic rings. The van der Waals surface area contributed by atoms with E-state index in [1.165, 1.54) is 40.8 Å². The molecule has 4 heteroatoms. The van der Waals surface area contributed by atoms with E-state index in [0.717, 1.165) is 37.4 Å².